The van der Waals surface area contributed by atoms with Crippen molar-refractivity contribution in [3.05, 3.63) is 12.2 Å². The summed E-state index contributed by atoms with van der Waals surface area (Å²) in [4.78, 5) is 2.54. The van der Waals surface area contributed by atoms with Crippen molar-refractivity contribution >= 4 is 0 Å². The van der Waals surface area contributed by atoms with E-state index in [1.807, 2.05) is 0 Å². The normalized spacial score (nSPS) is 18.3. The van der Waals surface area contributed by atoms with Gasteiger partial charge in [-0.15, -0.1) is 0 Å². The Balaban J connectivity index is 1.95. The van der Waals surface area contributed by atoms with E-state index in [1.54, 1.807) is 0 Å². The molecule has 15 heavy (non-hydrogen) atoms. The summed E-state index contributed by atoms with van der Waals surface area (Å²) in [6.45, 7) is 11.5. The zero-order valence-electron chi connectivity index (χ0n) is 10.6. The maximum Gasteiger partial charge on any atom is 0.0163 e. The van der Waals surface area contributed by atoms with Crippen molar-refractivity contribution in [3.8, 4) is 0 Å². The predicted molar refractivity (Wildman–Crippen MR) is 67.2 cm³/mol. The Morgan fingerprint density at radius 3 is 2.60 bits per heavy atom. The van der Waals surface area contributed by atoms with Crippen LogP contribution in [0.4, 0.5) is 0 Å². The Kier molecular flexibility index (Phi) is 5.34. The molecule has 0 fully saturated rings. The molecule has 0 saturated carbocycles. The molecule has 0 aromatic carbocycles. The molecule has 1 aliphatic rings. The van der Waals surface area contributed by atoms with Gasteiger partial charge in [-0.3, -0.25) is 4.90 Å². The Bertz CT molecular complexity index is 191. The van der Waals surface area contributed by atoms with Gasteiger partial charge in [-0.25, -0.2) is 0 Å². The van der Waals surface area contributed by atoms with Crippen molar-refractivity contribution in [2.75, 3.05) is 26.2 Å². The van der Waals surface area contributed by atoms with Gasteiger partial charge in [0.25, 0.3) is 0 Å². The van der Waals surface area contributed by atoms with Crippen LogP contribution in [-0.2, 0) is 0 Å². The molecule has 1 N–H and O–H groups in total. The molecular weight excluding hydrogens is 184 g/mol. The number of hydrogen-bond acceptors (Lipinski definition) is 2. The van der Waals surface area contributed by atoms with E-state index in [2.05, 4.69) is 43.1 Å². The van der Waals surface area contributed by atoms with Gasteiger partial charge in [-0.2, -0.15) is 0 Å². The Labute approximate surface area is 94.7 Å². The first-order chi connectivity index (χ1) is 7.08. The molecule has 1 rings (SSSR count). The maximum absolute atomic E-state index is 3.53. The summed E-state index contributed by atoms with van der Waals surface area (Å²) in [5.41, 5.74) is 0.272. The Hall–Kier alpha value is -0.340. The van der Waals surface area contributed by atoms with Crippen molar-refractivity contribution in [1.82, 2.24) is 10.2 Å². The van der Waals surface area contributed by atoms with Gasteiger partial charge in [0.05, 0.1) is 0 Å². The maximum atomic E-state index is 3.53. The van der Waals surface area contributed by atoms with Crippen LogP contribution in [0.1, 0.15) is 40.0 Å². The lowest BCUT2D eigenvalue weighted by molar-refractivity contribution is 0.289. The lowest BCUT2D eigenvalue weighted by Crippen LogP contribution is -2.36. The van der Waals surface area contributed by atoms with Gasteiger partial charge in [-0.05, 0) is 53.1 Å². The minimum atomic E-state index is 0.272. The minimum absolute atomic E-state index is 0.272. The molecule has 0 aliphatic carbocycles. The molecule has 0 aromatic rings. The number of hydrogen-bond donors (Lipinski definition) is 1. The average Bonchev–Trinajstić information content (AvgIpc) is 2.17. The number of rotatable bonds is 5. The number of unbranched alkanes of at least 4 members (excludes halogenated alkanes) is 1. The SMILES string of the molecule is CC(C)(C)NCCCCN1CC=CCC1. The molecule has 2 nitrogen and oxygen atoms in total. The smallest absolute Gasteiger partial charge is 0.0163 e. The van der Waals surface area contributed by atoms with Gasteiger partial charge in [0.1, 0.15) is 0 Å². The van der Waals surface area contributed by atoms with Crippen LogP contribution in [-0.4, -0.2) is 36.6 Å². The average molecular weight is 210 g/mol. The number of nitrogens with one attached hydrogen (secondary N) is 1. The van der Waals surface area contributed by atoms with Crippen LogP contribution in [0.3, 0.4) is 0 Å². The van der Waals surface area contributed by atoms with Gasteiger partial charge >= 0.3 is 0 Å². The first-order valence-electron chi connectivity index (χ1n) is 6.20. The molecule has 2 heteroatoms. The quantitative estimate of drug-likeness (QED) is 0.554. The van der Waals surface area contributed by atoms with Gasteiger partial charge in [0.15, 0.2) is 0 Å². The van der Waals surface area contributed by atoms with Crippen molar-refractivity contribution in [2.45, 2.75) is 45.6 Å². The number of nitrogens with zero attached hydrogens (tertiary/aromatic N) is 1. The summed E-state index contributed by atoms with van der Waals surface area (Å²) in [7, 11) is 0. The van der Waals surface area contributed by atoms with Gasteiger partial charge in [-0.1, -0.05) is 12.2 Å². The first kappa shape index (κ1) is 12.7. The van der Waals surface area contributed by atoms with E-state index in [9.17, 15) is 0 Å². The molecule has 0 atom stereocenters. The van der Waals surface area contributed by atoms with Crippen LogP contribution < -0.4 is 5.32 Å². The fourth-order valence-corrected chi connectivity index (χ4v) is 1.82. The van der Waals surface area contributed by atoms with Crippen molar-refractivity contribution in [3.63, 3.8) is 0 Å². The second-order valence-electron chi connectivity index (χ2n) is 5.44. The third-order valence-electron chi connectivity index (χ3n) is 2.70. The van der Waals surface area contributed by atoms with Gasteiger partial charge in [0, 0.05) is 18.6 Å². The summed E-state index contributed by atoms with van der Waals surface area (Å²) >= 11 is 0. The van der Waals surface area contributed by atoms with Crippen molar-refractivity contribution in [2.24, 2.45) is 0 Å². The van der Waals surface area contributed by atoms with Crippen molar-refractivity contribution in [1.29, 1.82) is 0 Å². The second-order valence-corrected chi connectivity index (χ2v) is 5.44. The summed E-state index contributed by atoms with van der Waals surface area (Å²) in [6.07, 6.45) is 8.42. The van der Waals surface area contributed by atoms with Crippen LogP contribution in [0.5, 0.6) is 0 Å². The molecule has 0 amide bonds. The molecule has 0 unspecified atom stereocenters. The third-order valence-corrected chi connectivity index (χ3v) is 2.70. The van der Waals surface area contributed by atoms with Crippen LogP contribution in [0.2, 0.25) is 0 Å². The fraction of sp³-hybridized carbons (Fsp3) is 0.846. The highest BCUT2D eigenvalue weighted by atomic mass is 15.1. The molecule has 1 aliphatic heterocycles. The van der Waals surface area contributed by atoms with Crippen molar-refractivity contribution < 1.29 is 0 Å². The predicted octanol–water partition coefficient (Wildman–Crippen LogP) is 2.42. The van der Waals surface area contributed by atoms with E-state index in [0.29, 0.717) is 0 Å². The molecule has 88 valence electrons. The summed E-state index contributed by atoms with van der Waals surface area (Å²) in [5.74, 6) is 0. The molecule has 0 aromatic heterocycles. The lowest BCUT2D eigenvalue weighted by atomic mass is 10.1. The zero-order valence-corrected chi connectivity index (χ0v) is 10.6. The summed E-state index contributed by atoms with van der Waals surface area (Å²) < 4.78 is 0. The molecule has 0 bridgehead atoms. The monoisotopic (exact) mass is 210 g/mol. The molecular formula is C13H26N2. The molecule has 0 spiro atoms. The highest BCUT2D eigenvalue weighted by Crippen LogP contribution is 2.03. The summed E-state index contributed by atoms with van der Waals surface area (Å²) in [6, 6.07) is 0. The summed E-state index contributed by atoms with van der Waals surface area (Å²) in [5, 5.41) is 3.53. The molecule has 0 radical (unpaired) electrons. The van der Waals surface area contributed by atoms with E-state index in [-0.39, 0.29) is 5.54 Å². The van der Waals surface area contributed by atoms with Crippen LogP contribution in [0.15, 0.2) is 12.2 Å². The van der Waals surface area contributed by atoms with E-state index in [4.69, 9.17) is 0 Å². The lowest BCUT2D eigenvalue weighted by Gasteiger charge is -2.24. The molecule has 0 saturated heterocycles. The molecule has 1 heterocycles. The zero-order chi connectivity index (χ0) is 11.1. The topological polar surface area (TPSA) is 15.3 Å². The fourth-order valence-electron chi connectivity index (χ4n) is 1.82. The van der Waals surface area contributed by atoms with Crippen LogP contribution >= 0.6 is 0 Å². The standard InChI is InChI=1S/C13H26N2/c1-13(2,3)14-9-5-8-12-15-10-6-4-7-11-15/h4,6,14H,5,7-12H2,1-3H3. The first-order valence-corrected chi connectivity index (χ1v) is 6.20. The Morgan fingerprint density at radius 1 is 1.20 bits per heavy atom. The highest BCUT2D eigenvalue weighted by molar-refractivity contribution is 4.90. The highest BCUT2D eigenvalue weighted by Gasteiger charge is 2.08. The largest absolute Gasteiger partial charge is 0.312 e. The van der Waals surface area contributed by atoms with E-state index >= 15 is 0 Å². The van der Waals surface area contributed by atoms with Gasteiger partial charge < -0.3 is 5.32 Å². The van der Waals surface area contributed by atoms with E-state index in [1.165, 1.54) is 32.4 Å². The van der Waals surface area contributed by atoms with Crippen LogP contribution in [0.25, 0.3) is 0 Å². The van der Waals surface area contributed by atoms with Crippen LogP contribution in [0, 0.1) is 0 Å². The third kappa shape index (κ3) is 6.69. The minimum Gasteiger partial charge on any atom is -0.312 e. The van der Waals surface area contributed by atoms with E-state index in [0.717, 1.165) is 13.1 Å². The Morgan fingerprint density at radius 2 is 2.00 bits per heavy atom. The van der Waals surface area contributed by atoms with E-state index < -0.39 is 0 Å². The van der Waals surface area contributed by atoms with Gasteiger partial charge in [0.2, 0.25) is 0 Å². The second kappa shape index (κ2) is 6.29.